The van der Waals surface area contributed by atoms with Crippen molar-refractivity contribution in [3.05, 3.63) is 53.6 Å². The van der Waals surface area contributed by atoms with Crippen molar-refractivity contribution < 1.29 is 19.0 Å². The lowest BCUT2D eigenvalue weighted by atomic mass is 10.2. The average Bonchev–Trinajstić information content (AvgIpc) is 2.64. The molecule has 0 aromatic heterocycles. The Hall–Kier alpha value is -2.40. The van der Waals surface area contributed by atoms with Gasteiger partial charge in [-0.15, -0.1) is 0 Å². The zero-order valence-corrected chi connectivity index (χ0v) is 14.7. The van der Waals surface area contributed by atoms with Crippen molar-refractivity contribution >= 4 is 17.5 Å². The third-order valence-corrected chi connectivity index (χ3v) is 4.04. The summed E-state index contributed by atoms with van der Waals surface area (Å²) in [5.41, 5.74) is 0. The molecule has 6 heteroatoms. The van der Waals surface area contributed by atoms with Crippen LogP contribution >= 0.6 is 11.6 Å². The highest BCUT2D eigenvalue weighted by molar-refractivity contribution is 6.30. The van der Waals surface area contributed by atoms with Gasteiger partial charge in [0.2, 0.25) is 0 Å². The summed E-state index contributed by atoms with van der Waals surface area (Å²) in [7, 11) is 0. The highest BCUT2D eigenvalue weighted by atomic mass is 35.5. The Labute approximate surface area is 151 Å². The van der Waals surface area contributed by atoms with Gasteiger partial charge in [-0.25, -0.2) is 0 Å². The number of carbonyl (C=O) groups excluding carboxylic acids is 1. The Morgan fingerprint density at radius 3 is 2.84 bits per heavy atom. The predicted octanol–water partition coefficient (Wildman–Crippen LogP) is 3.45. The quantitative estimate of drug-likeness (QED) is 0.856. The number of rotatable bonds is 6. The summed E-state index contributed by atoms with van der Waals surface area (Å²) >= 11 is 5.94. The summed E-state index contributed by atoms with van der Waals surface area (Å²) < 4.78 is 17.2. The van der Waals surface area contributed by atoms with Gasteiger partial charge in [0.15, 0.2) is 17.6 Å². The summed E-state index contributed by atoms with van der Waals surface area (Å²) in [4.78, 5) is 12.4. The molecule has 0 radical (unpaired) electrons. The van der Waals surface area contributed by atoms with Crippen molar-refractivity contribution in [2.24, 2.45) is 0 Å². The molecule has 0 saturated heterocycles. The normalized spacial score (nSPS) is 16.8. The molecule has 0 unspecified atom stereocenters. The molecule has 132 valence electrons. The average molecular weight is 362 g/mol. The zero-order chi connectivity index (χ0) is 17.6. The number of fused-ring (bicyclic) bond motifs is 1. The molecule has 3 rings (SSSR count). The second kappa shape index (κ2) is 8.12. The van der Waals surface area contributed by atoms with Gasteiger partial charge in [-0.05, 0) is 36.8 Å². The van der Waals surface area contributed by atoms with Crippen LogP contribution < -0.4 is 19.5 Å². The number of ether oxygens (including phenoxy) is 3. The van der Waals surface area contributed by atoms with E-state index >= 15 is 0 Å². The highest BCUT2D eigenvalue weighted by Crippen LogP contribution is 2.30. The van der Waals surface area contributed by atoms with Gasteiger partial charge in [-0.3, -0.25) is 4.79 Å². The van der Waals surface area contributed by atoms with Gasteiger partial charge in [-0.2, -0.15) is 0 Å². The van der Waals surface area contributed by atoms with Crippen LogP contribution in [0.5, 0.6) is 17.2 Å². The summed E-state index contributed by atoms with van der Waals surface area (Å²) in [6.45, 7) is 2.64. The molecule has 2 aromatic rings. The molecule has 2 aromatic carbocycles. The molecule has 1 heterocycles. The lowest BCUT2D eigenvalue weighted by Gasteiger charge is -2.27. The third-order valence-electron chi connectivity index (χ3n) is 3.81. The van der Waals surface area contributed by atoms with Crippen molar-refractivity contribution in [1.29, 1.82) is 0 Å². The standard InChI is InChI=1S/C19H20ClNO4/c1-2-16(24-14-7-5-6-13(20)10-14)19(22)21-11-15-12-23-17-8-3-4-9-18(17)25-15/h3-10,15-16H,2,11-12H2,1H3,(H,21,22)/t15-,16+/m1/s1. The lowest BCUT2D eigenvalue weighted by Crippen LogP contribution is -2.45. The van der Waals surface area contributed by atoms with Gasteiger partial charge in [0.1, 0.15) is 18.5 Å². The summed E-state index contributed by atoms with van der Waals surface area (Å²) in [6, 6.07) is 14.5. The van der Waals surface area contributed by atoms with Crippen molar-refractivity contribution in [1.82, 2.24) is 5.32 Å². The SMILES string of the molecule is CC[C@H](Oc1cccc(Cl)c1)C(=O)NC[C@@H]1COc2ccccc2O1. The number of para-hydroxylation sites is 2. The van der Waals surface area contributed by atoms with Crippen LogP contribution in [0, 0.1) is 0 Å². The van der Waals surface area contributed by atoms with Gasteiger partial charge in [-0.1, -0.05) is 36.7 Å². The Kier molecular flexibility index (Phi) is 5.66. The maximum Gasteiger partial charge on any atom is 0.261 e. The first kappa shape index (κ1) is 17.4. The number of amides is 1. The number of halogens is 1. The fourth-order valence-electron chi connectivity index (χ4n) is 2.52. The minimum atomic E-state index is -0.588. The molecule has 1 N–H and O–H groups in total. The molecule has 0 saturated carbocycles. The Morgan fingerprint density at radius 1 is 1.28 bits per heavy atom. The van der Waals surface area contributed by atoms with Crippen LogP contribution in [0.15, 0.2) is 48.5 Å². The molecule has 0 aliphatic carbocycles. The molecule has 2 atom stereocenters. The van der Waals surface area contributed by atoms with Gasteiger partial charge in [0, 0.05) is 5.02 Å². The van der Waals surface area contributed by atoms with Crippen LogP contribution in [0.25, 0.3) is 0 Å². The van der Waals surface area contributed by atoms with Gasteiger partial charge < -0.3 is 19.5 Å². The highest BCUT2D eigenvalue weighted by Gasteiger charge is 2.24. The molecule has 0 bridgehead atoms. The minimum Gasteiger partial charge on any atom is -0.486 e. The first-order valence-corrected chi connectivity index (χ1v) is 8.62. The Bertz CT molecular complexity index is 737. The summed E-state index contributed by atoms with van der Waals surface area (Å²) in [5, 5.41) is 3.44. The first-order chi connectivity index (χ1) is 12.2. The Morgan fingerprint density at radius 2 is 2.08 bits per heavy atom. The molecule has 1 amide bonds. The third kappa shape index (κ3) is 4.57. The van der Waals surface area contributed by atoms with Crippen LogP contribution in [0.1, 0.15) is 13.3 Å². The van der Waals surface area contributed by atoms with E-state index in [4.69, 9.17) is 25.8 Å². The molecule has 1 aliphatic rings. The van der Waals surface area contributed by atoms with Crippen molar-refractivity contribution in [2.45, 2.75) is 25.6 Å². The molecule has 1 aliphatic heterocycles. The first-order valence-electron chi connectivity index (χ1n) is 8.24. The number of hydrogen-bond acceptors (Lipinski definition) is 4. The fourth-order valence-corrected chi connectivity index (χ4v) is 2.70. The second-order valence-electron chi connectivity index (χ2n) is 5.71. The minimum absolute atomic E-state index is 0.190. The lowest BCUT2D eigenvalue weighted by molar-refractivity contribution is -0.128. The summed E-state index contributed by atoms with van der Waals surface area (Å²) in [5.74, 6) is 1.79. The number of carbonyl (C=O) groups is 1. The van der Waals surface area contributed by atoms with Gasteiger partial charge in [0.05, 0.1) is 6.54 Å². The Balaban J connectivity index is 1.53. The van der Waals surface area contributed by atoms with Crippen molar-refractivity contribution in [3.63, 3.8) is 0 Å². The summed E-state index contributed by atoms with van der Waals surface area (Å²) in [6.07, 6.45) is -0.277. The number of benzene rings is 2. The van der Waals surface area contributed by atoms with E-state index in [-0.39, 0.29) is 12.0 Å². The molecule has 0 fully saturated rings. The fraction of sp³-hybridized carbons (Fsp3) is 0.316. The second-order valence-corrected chi connectivity index (χ2v) is 6.15. The van der Waals surface area contributed by atoms with Crippen molar-refractivity contribution in [3.8, 4) is 17.2 Å². The van der Waals surface area contributed by atoms with Crippen molar-refractivity contribution in [2.75, 3.05) is 13.2 Å². The number of hydrogen-bond donors (Lipinski definition) is 1. The maximum absolute atomic E-state index is 12.4. The maximum atomic E-state index is 12.4. The van der Waals surface area contributed by atoms with Crippen LogP contribution in [0.4, 0.5) is 0 Å². The van der Waals surface area contributed by atoms with Crippen LogP contribution in [-0.2, 0) is 4.79 Å². The van der Waals surface area contributed by atoms with E-state index in [2.05, 4.69) is 5.32 Å². The molecular formula is C19H20ClNO4. The number of nitrogens with one attached hydrogen (secondary N) is 1. The molecule has 0 spiro atoms. The van der Waals surface area contributed by atoms with E-state index in [1.807, 2.05) is 31.2 Å². The van der Waals surface area contributed by atoms with E-state index < -0.39 is 6.10 Å². The van der Waals surface area contributed by atoms with Gasteiger partial charge in [0.25, 0.3) is 5.91 Å². The van der Waals surface area contributed by atoms with E-state index in [0.717, 1.165) is 5.75 Å². The smallest absolute Gasteiger partial charge is 0.261 e. The van der Waals surface area contributed by atoms with E-state index in [0.29, 0.717) is 36.1 Å². The molecular weight excluding hydrogens is 342 g/mol. The van der Waals surface area contributed by atoms with E-state index in [9.17, 15) is 4.79 Å². The molecule has 5 nitrogen and oxygen atoms in total. The topological polar surface area (TPSA) is 56.8 Å². The van der Waals surface area contributed by atoms with Crippen LogP contribution in [0.3, 0.4) is 0 Å². The monoisotopic (exact) mass is 361 g/mol. The van der Waals surface area contributed by atoms with E-state index in [1.165, 1.54) is 0 Å². The largest absolute Gasteiger partial charge is 0.486 e. The molecule has 25 heavy (non-hydrogen) atoms. The predicted molar refractivity (Wildman–Crippen MR) is 95.5 cm³/mol. The van der Waals surface area contributed by atoms with Crippen LogP contribution in [0.2, 0.25) is 5.02 Å². The zero-order valence-electron chi connectivity index (χ0n) is 13.9. The van der Waals surface area contributed by atoms with E-state index in [1.54, 1.807) is 24.3 Å². The van der Waals surface area contributed by atoms with Crippen LogP contribution in [-0.4, -0.2) is 31.3 Å². The van der Waals surface area contributed by atoms with Gasteiger partial charge >= 0.3 is 0 Å².